The largest absolute Gasteiger partial charge is 0.469 e. The molecule has 0 aliphatic carbocycles. The molecule has 1 atom stereocenters. The summed E-state index contributed by atoms with van der Waals surface area (Å²) >= 11 is 0. The number of rotatable bonds is 41. The van der Waals surface area contributed by atoms with E-state index < -0.39 is 32.5 Å². The van der Waals surface area contributed by atoms with E-state index in [4.69, 9.17) is 19.3 Å². The lowest BCUT2D eigenvalue weighted by Gasteiger charge is -2.18. The van der Waals surface area contributed by atoms with Crippen LogP contribution < -0.4 is 0 Å². The van der Waals surface area contributed by atoms with E-state index in [1.807, 2.05) is 0 Å². The molecular weight excluding hydrogens is 723 g/mol. The first-order chi connectivity index (χ1) is 27.3. The number of phosphoric acid groups is 1. The first-order valence-electron chi connectivity index (χ1n) is 22.6. The summed E-state index contributed by atoms with van der Waals surface area (Å²) in [6.45, 7) is 3.56. The zero-order valence-electron chi connectivity index (χ0n) is 35.8. The molecule has 0 heterocycles. The average Bonchev–Trinajstić information content (AvgIpc) is 3.17. The fraction of sp³-hybridized carbons (Fsp3) is 0.745. The fourth-order valence-electron chi connectivity index (χ4n) is 6.18. The quantitative estimate of drug-likeness (QED) is 0.0271. The van der Waals surface area contributed by atoms with Crippen LogP contribution in [0.3, 0.4) is 0 Å². The van der Waals surface area contributed by atoms with Gasteiger partial charge in [0.25, 0.3) is 0 Å². The zero-order valence-corrected chi connectivity index (χ0v) is 36.7. The van der Waals surface area contributed by atoms with E-state index in [-0.39, 0.29) is 19.4 Å². The minimum Gasteiger partial charge on any atom is -0.462 e. The molecule has 324 valence electrons. The van der Waals surface area contributed by atoms with Crippen LogP contribution in [0.2, 0.25) is 0 Å². The van der Waals surface area contributed by atoms with Crippen LogP contribution >= 0.6 is 7.82 Å². The van der Waals surface area contributed by atoms with Gasteiger partial charge in [0.1, 0.15) is 6.61 Å². The predicted molar refractivity (Wildman–Crippen MR) is 234 cm³/mol. The van der Waals surface area contributed by atoms with E-state index in [0.717, 1.165) is 70.6 Å². The van der Waals surface area contributed by atoms with Gasteiger partial charge < -0.3 is 19.3 Å². The highest BCUT2D eigenvalue weighted by atomic mass is 31.2. The lowest BCUT2D eigenvalue weighted by Crippen LogP contribution is -2.29. The van der Waals surface area contributed by atoms with E-state index in [1.165, 1.54) is 96.3 Å². The van der Waals surface area contributed by atoms with Gasteiger partial charge in [-0.15, -0.1) is 0 Å². The Bertz CT molecular complexity index is 1090. The average molecular weight is 807 g/mol. The SMILES string of the molecule is CC/C=C\C/C=C\C/C=C\C/C=C\CCCCCCC(=O)OC[C@H](COP(=O)(O)O)OC(=O)CCCCCCCCCCCCC/C=C\CCCCCCCC. The lowest BCUT2D eigenvalue weighted by molar-refractivity contribution is -0.161. The number of hydrogen-bond acceptors (Lipinski definition) is 6. The maximum absolute atomic E-state index is 12.4. The Hall–Kier alpha value is -2.25. The summed E-state index contributed by atoms with van der Waals surface area (Å²) in [6, 6.07) is 0. The topological polar surface area (TPSA) is 119 Å². The van der Waals surface area contributed by atoms with Crippen LogP contribution in [0.15, 0.2) is 60.8 Å². The third-order valence-electron chi connectivity index (χ3n) is 9.52. The molecule has 0 radical (unpaired) electrons. The van der Waals surface area contributed by atoms with Gasteiger partial charge in [0.05, 0.1) is 6.61 Å². The number of carbonyl (C=O) groups excluding carboxylic acids is 2. The maximum atomic E-state index is 12.4. The fourth-order valence-corrected chi connectivity index (χ4v) is 6.54. The van der Waals surface area contributed by atoms with Gasteiger partial charge in [0, 0.05) is 12.8 Å². The second kappa shape index (κ2) is 42.4. The summed E-state index contributed by atoms with van der Waals surface area (Å²) < 4.78 is 26.4. The van der Waals surface area contributed by atoms with Crippen molar-refractivity contribution in [2.75, 3.05) is 13.2 Å². The molecule has 0 saturated heterocycles. The molecule has 0 fully saturated rings. The van der Waals surface area contributed by atoms with Crippen LogP contribution in [0.4, 0.5) is 0 Å². The summed E-state index contributed by atoms with van der Waals surface area (Å²) in [4.78, 5) is 42.9. The van der Waals surface area contributed by atoms with E-state index >= 15 is 0 Å². The summed E-state index contributed by atoms with van der Waals surface area (Å²) in [5, 5.41) is 0. The van der Waals surface area contributed by atoms with Gasteiger partial charge in [0.2, 0.25) is 0 Å². The summed E-state index contributed by atoms with van der Waals surface area (Å²) in [6.07, 6.45) is 53.7. The van der Waals surface area contributed by atoms with Crippen molar-refractivity contribution in [3.63, 3.8) is 0 Å². The first kappa shape index (κ1) is 53.8. The molecule has 0 bridgehead atoms. The Morgan fingerprint density at radius 3 is 1.30 bits per heavy atom. The molecule has 0 unspecified atom stereocenters. The first-order valence-corrected chi connectivity index (χ1v) is 24.1. The van der Waals surface area contributed by atoms with Gasteiger partial charge in [-0.3, -0.25) is 14.1 Å². The molecule has 9 heteroatoms. The Kier molecular flexibility index (Phi) is 40.7. The molecular formula is C47H83O8P. The summed E-state index contributed by atoms with van der Waals surface area (Å²) in [7, 11) is -4.76. The van der Waals surface area contributed by atoms with Crippen molar-refractivity contribution in [1.29, 1.82) is 0 Å². The molecule has 2 N–H and O–H groups in total. The Morgan fingerprint density at radius 1 is 0.482 bits per heavy atom. The number of allylic oxidation sites excluding steroid dienone is 10. The van der Waals surface area contributed by atoms with Crippen LogP contribution in [-0.4, -0.2) is 41.0 Å². The molecule has 8 nitrogen and oxygen atoms in total. The van der Waals surface area contributed by atoms with Crippen LogP contribution in [-0.2, 0) is 28.2 Å². The van der Waals surface area contributed by atoms with Gasteiger partial charge in [-0.2, -0.15) is 0 Å². The van der Waals surface area contributed by atoms with E-state index in [2.05, 4.69) is 79.1 Å². The third kappa shape index (κ3) is 44.5. The van der Waals surface area contributed by atoms with Crippen LogP contribution in [0.1, 0.15) is 206 Å². The molecule has 0 spiro atoms. The highest BCUT2D eigenvalue weighted by molar-refractivity contribution is 7.46. The van der Waals surface area contributed by atoms with Gasteiger partial charge in [-0.1, -0.05) is 177 Å². The highest BCUT2D eigenvalue weighted by Gasteiger charge is 2.22. The standard InChI is InChI=1S/C47H83O8P/c1-3-5-7-9-11-13-15-17-19-21-22-23-24-26-28-30-32-34-36-38-40-42-47(49)55-45(44-54-56(50,51)52)43-53-46(48)41-39-37-35-33-31-29-27-25-20-18-16-14-12-10-8-6-4-2/h6,8,12,14,17-20,27,29,45H,3-5,7,9-11,13,15-16,21-26,28,30-44H2,1-2H3,(H2,50,51,52)/b8-6-,14-12-,19-17-,20-18-,29-27-/t45-/m1/s1. The van der Waals surface area contributed by atoms with Crippen LogP contribution in [0, 0.1) is 0 Å². The zero-order chi connectivity index (χ0) is 41.1. The Morgan fingerprint density at radius 2 is 0.857 bits per heavy atom. The number of carbonyl (C=O) groups is 2. The Labute approximate surface area is 343 Å². The second-order valence-electron chi connectivity index (χ2n) is 15.0. The second-order valence-corrected chi connectivity index (χ2v) is 16.2. The Balaban J connectivity index is 3.91. The molecule has 56 heavy (non-hydrogen) atoms. The number of ether oxygens (including phenoxy) is 2. The van der Waals surface area contributed by atoms with Crippen molar-refractivity contribution in [2.24, 2.45) is 0 Å². The lowest BCUT2D eigenvalue weighted by atomic mass is 10.0. The van der Waals surface area contributed by atoms with Crippen molar-refractivity contribution >= 4 is 19.8 Å². The van der Waals surface area contributed by atoms with Crippen molar-refractivity contribution < 1.29 is 37.9 Å². The molecule has 0 rings (SSSR count). The van der Waals surface area contributed by atoms with E-state index in [9.17, 15) is 14.2 Å². The summed E-state index contributed by atoms with van der Waals surface area (Å²) in [5.74, 6) is -0.912. The molecule has 0 aromatic heterocycles. The van der Waals surface area contributed by atoms with Gasteiger partial charge in [0.15, 0.2) is 6.10 Å². The third-order valence-corrected chi connectivity index (χ3v) is 10.0. The van der Waals surface area contributed by atoms with Gasteiger partial charge in [-0.25, -0.2) is 4.57 Å². The monoisotopic (exact) mass is 807 g/mol. The van der Waals surface area contributed by atoms with Gasteiger partial charge >= 0.3 is 19.8 Å². The van der Waals surface area contributed by atoms with Gasteiger partial charge in [-0.05, 0) is 77.0 Å². The smallest absolute Gasteiger partial charge is 0.462 e. The molecule has 0 aliphatic heterocycles. The van der Waals surface area contributed by atoms with E-state index in [0.29, 0.717) is 12.8 Å². The van der Waals surface area contributed by atoms with Crippen LogP contribution in [0.5, 0.6) is 0 Å². The predicted octanol–water partition coefficient (Wildman–Crippen LogP) is 14.1. The maximum Gasteiger partial charge on any atom is 0.469 e. The van der Waals surface area contributed by atoms with Crippen molar-refractivity contribution in [3.8, 4) is 0 Å². The number of unbranched alkanes of at least 4 members (excludes halogenated alkanes) is 21. The van der Waals surface area contributed by atoms with Crippen LogP contribution in [0.25, 0.3) is 0 Å². The molecule has 0 amide bonds. The molecule has 0 aromatic rings. The highest BCUT2D eigenvalue weighted by Crippen LogP contribution is 2.36. The normalized spacial score (nSPS) is 13.0. The minimum atomic E-state index is -4.76. The van der Waals surface area contributed by atoms with E-state index in [1.54, 1.807) is 0 Å². The van der Waals surface area contributed by atoms with Crippen molar-refractivity contribution in [1.82, 2.24) is 0 Å². The molecule has 0 aliphatic rings. The van der Waals surface area contributed by atoms with Crippen molar-refractivity contribution in [3.05, 3.63) is 60.8 Å². The number of phosphoric ester groups is 1. The number of esters is 2. The van der Waals surface area contributed by atoms with Crippen molar-refractivity contribution in [2.45, 2.75) is 213 Å². The molecule has 0 aromatic carbocycles. The number of hydrogen-bond donors (Lipinski definition) is 2. The summed E-state index contributed by atoms with van der Waals surface area (Å²) in [5.41, 5.74) is 0. The minimum absolute atomic E-state index is 0.204. The molecule has 0 saturated carbocycles.